The molecular formula is C16H22N4O. The van der Waals surface area contributed by atoms with Crippen LogP contribution in [0.15, 0.2) is 36.4 Å². The van der Waals surface area contributed by atoms with E-state index in [0.29, 0.717) is 12.2 Å². The van der Waals surface area contributed by atoms with Gasteiger partial charge in [0, 0.05) is 17.2 Å². The predicted molar refractivity (Wildman–Crippen MR) is 84.0 cm³/mol. The van der Waals surface area contributed by atoms with Gasteiger partial charge in [-0.25, -0.2) is 0 Å². The largest absolute Gasteiger partial charge is 0.320 e. The molecule has 5 nitrogen and oxygen atoms in total. The molecule has 0 aliphatic rings. The zero-order chi connectivity index (χ0) is 15.5. The van der Waals surface area contributed by atoms with Gasteiger partial charge in [-0.05, 0) is 12.0 Å². The van der Waals surface area contributed by atoms with E-state index < -0.39 is 6.04 Å². The van der Waals surface area contributed by atoms with E-state index in [1.54, 1.807) is 0 Å². The lowest BCUT2D eigenvalue weighted by atomic mass is 9.92. The predicted octanol–water partition coefficient (Wildman–Crippen LogP) is 2.22. The molecule has 1 heterocycles. The molecule has 4 N–H and O–H groups in total. The summed E-state index contributed by atoms with van der Waals surface area (Å²) >= 11 is 0. The van der Waals surface area contributed by atoms with Crippen LogP contribution in [0.3, 0.4) is 0 Å². The van der Waals surface area contributed by atoms with Crippen LogP contribution in [0.5, 0.6) is 0 Å². The first-order valence-electron chi connectivity index (χ1n) is 7.02. The Morgan fingerprint density at radius 1 is 1.33 bits per heavy atom. The van der Waals surface area contributed by atoms with Gasteiger partial charge in [0.25, 0.3) is 0 Å². The van der Waals surface area contributed by atoms with Crippen LogP contribution in [-0.2, 0) is 16.6 Å². The lowest BCUT2D eigenvalue weighted by Gasteiger charge is -2.14. The van der Waals surface area contributed by atoms with Crippen molar-refractivity contribution < 1.29 is 4.79 Å². The van der Waals surface area contributed by atoms with Gasteiger partial charge < -0.3 is 11.1 Å². The molecule has 0 spiro atoms. The zero-order valence-electron chi connectivity index (χ0n) is 12.7. The van der Waals surface area contributed by atoms with E-state index >= 15 is 0 Å². The summed E-state index contributed by atoms with van der Waals surface area (Å²) in [4.78, 5) is 12.1. The number of anilines is 1. The number of hydrogen-bond donors (Lipinski definition) is 3. The monoisotopic (exact) mass is 286 g/mol. The van der Waals surface area contributed by atoms with Gasteiger partial charge in [0.15, 0.2) is 5.82 Å². The van der Waals surface area contributed by atoms with E-state index in [0.717, 1.165) is 11.3 Å². The number of hydrogen-bond acceptors (Lipinski definition) is 3. The van der Waals surface area contributed by atoms with Gasteiger partial charge >= 0.3 is 0 Å². The zero-order valence-corrected chi connectivity index (χ0v) is 12.7. The number of aromatic nitrogens is 2. The summed E-state index contributed by atoms with van der Waals surface area (Å²) in [6, 6.07) is 11.0. The van der Waals surface area contributed by atoms with Crippen molar-refractivity contribution in [2.45, 2.75) is 38.6 Å². The molecule has 112 valence electrons. The highest BCUT2D eigenvalue weighted by Crippen LogP contribution is 2.21. The van der Waals surface area contributed by atoms with Crippen molar-refractivity contribution in [3.05, 3.63) is 47.7 Å². The molecule has 0 unspecified atom stereocenters. The Kier molecular flexibility index (Phi) is 4.43. The second-order valence-electron chi connectivity index (χ2n) is 6.20. The maximum absolute atomic E-state index is 12.1. The third kappa shape index (κ3) is 4.16. The molecule has 0 fully saturated rings. The average Bonchev–Trinajstić information content (AvgIpc) is 2.88. The highest BCUT2D eigenvalue weighted by atomic mass is 16.2. The number of aromatic amines is 1. The molecule has 1 aromatic heterocycles. The average molecular weight is 286 g/mol. The van der Waals surface area contributed by atoms with Crippen molar-refractivity contribution in [3.63, 3.8) is 0 Å². The Labute approximate surface area is 124 Å². The molecule has 0 bridgehead atoms. The summed E-state index contributed by atoms with van der Waals surface area (Å²) in [6.07, 6.45) is 0.503. The fraction of sp³-hybridized carbons (Fsp3) is 0.375. The lowest BCUT2D eigenvalue weighted by Crippen LogP contribution is -2.37. The summed E-state index contributed by atoms with van der Waals surface area (Å²) in [5.74, 6) is 0.277. The van der Waals surface area contributed by atoms with Crippen LogP contribution in [0, 0.1) is 0 Å². The van der Waals surface area contributed by atoms with E-state index in [2.05, 4.69) is 36.3 Å². The van der Waals surface area contributed by atoms with Crippen molar-refractivity contribution in [3.8, 4) is 0 Å². The fourth-order valence-electron chi connectivity index (χ4n) is 1.95. The smallest absolute Gasteiger partial charge is 0.242 e. The second kappa shape index (κ2) is 6.10. The summed E-state index contributed by atoms with van der Waals surface area (Å²) < 4.78 is 0. The molecule has 0 saturated heterocycles. The van der Waals surface area contributed by atoms with Gasteiger partial charge in [0.2, 0.25) is 5.91 Å². The second-order valence-corrected chi connectivity index (χ2v) is 6.20. The third-order valence-corrected chi connectivity index (χ3v) is 3.27. The molecule has 5 heteroatoms. The fourth-order valence-corrected chi connectivity index (χ4v) is 1.95. The quantitative estimate of drug-likeness (QED) is 0.805. The van der Waals surface area contributed by atoms with E-state index in [1.807, 2.05) is 36.4 Å². The van der Waals surface area contributed by atoms with Crippen LogP contribution in [0.4, 0.5) is 5.82 Å². The Hall–Kier alpha value is -2.14. The van der Waals surface area contributed by atoms with Gasteiger partial charge in [-0.3, -0.25) is 9.89 Å². The van der Waals surface area contributed by atoms with E-state index in [-0.39, 0.29) is 11.3 Å². The first-order chi connectivity index (χ1) is 9.86. The van der Waals surface area contributed by atoms with Crippen LogP contribution in [0.2, 0.25) is 0 Å². The Bertz CT molecular complexity index is 598. The van der Waals surface area contributed by atoms with Gasteiger partial charge in [0.1, 0.15) is 0 Å². The van der Waals surface area contributed by atoms with Crippen molar-refractivity contribution >= 4 is 11.7 Å². The molecular weight excluding hydrogens is 264 g/mol. The maximum Gasteiger partial charge on any atom is 0.242 e. The van der Waals surface area contributed by atoms with Crippen LogP contribution in [0.1, 0.15) is 32.0 Å². The van der Waals surface area contributed by atoms with E-state index in [1.165, 1.54) is 0 Å². The number of nitrogens with one attached hydrogen (secondary N) is 2. The molecule has 0 aliphatic carbocycles. The SMILES string of the molecule is CC(C)(C)c1cc(NC(=O)[C@@H](N)Cc2ccccc2)n[nH]1. The number of rotatable bonds is 4. The molecule has 2 aromatic rings. The standard InChI is InChI=1S/C16H22N4O/c1-16(2,3)13-10-14(20-19-13)18-15(21)12(17)9-11-7-5-4-6-8-11/h4-8,10,12H,9,17H2,1-3H3,(H2,18,19,20,21)/t12-/m0/s1. The number of H-pyrrole nitrogens is 1. The molecule has 0 radical (unpaired) electrons. The van der Waals surface area contributed by atoms with Crippen LogP contribution in [0.25, 0.3) is 0 Å². The molecule has 1 amide bonds. The minimum absolute atomic E-state index is 0.0396. The van der Waals surface area contributed by atoms with E-state index in [9.17, 15) is 4.79 Å². The summed E-state index contributed by atoms with van der Waals surface area (Å²) in [5, 5.41) is 9.78. The van der Waals surface area contributed by atoms with E-state index in [4.69, 9.17) is 5.73 Å². The minimum atomic E-state index is -0.595. The molecule has 0 aliphatic heterocycles. The van der Waals surface area contributed by atoms with Crippen molar-refractivity contribution in [1.29, 1.82) is 0 Å². The van der Waals surface area contributed by atoms with Crippen molar-refractivity contribution in [2.75, 3.05) is 5.32 Å². The van der Waals surface area contributed by atoms with Crippen LogP contribution >= 0.6 is 0 Å². The third-order valence-electron chi connectivity index (χ3n) is 3.27. The number of nitrogens with zero attached hydrogens (tertiary/aromatic N) is 1. The highest BCUT2D eigenvalue weighted by Gasteiger charge is 2.19. The first-order valence-corrected chi connectivity index (χ1v) is 7.02. The highest BCUT2D eigenvalue weighted by molar-refractivity contribution is 5.94. The number of carbonyl (C=O) groups is 1. The summed E-state index contributed by atoms with van der Waals surface area (Å²) in [6.45, 7) is 6.23. The minimum Gasteiger partial charge on any atom is -0.320 e. The summed E-state index contributed by atoms with van der Waals surface area (Å²) in [7, 11) is 0. The molecule has 0 saturated carbocycles. The normalized spacial score (nSPS) is 13.0. The topological polar surface area (TPSA) is 83.8 Å². The Balaban J connectivity index is 1.96. The summed E-state index contributed by atoms with van der Waals surface area (Å²) in [5.41, 5.74) is 7.91. The maximum atomic E-state index is 12.1. The number of amides is 1. The van der Waals surface area contributed by atoms with Gasteiger partial charge in [-0.1, -0.05) is 51.1 Å². The number of nitrogens with two attached hydrogens (primary N) is 1. The van der Waals surface area contributed by atoms with Gasteiger partial charge in [-0.2, -0.15) is 5.10 Å². The molecule has 1 atom stereocenters. The molecule has 2 rings (SSSR count). The number of benzene rings is 1. The van der Waals surface area contributed by atoms with Crippen LogP contribution in [-0.4, -0.2) is 22.1 Å². The van der Waals surface area contributed by atoms with Crippen molar-refractivity contribution in [2.24, 2.45) is 5.73 Å². The Morgan fingerprint density at radius 3 is 2.57 bits per heavy atom. The number of carbonyl (C=O) groups excluding carboxylic acids is 1. The lowest BCUT2D eigenvalue weighted by molar-refractivity contribution is -0.117. The van der Waals surface area contributed by atoms with Gasteiger partial charge in [-0.15, -0.1) is 0 Å². The molecule has 21 heavy (non-hydrogen) atoms. The first kappa shape index (κ1) is 15.3. The van der Waals surface area contributed by atoms with Crippen molar-refractivity contribution in [1.82, 2.24) is 10.2 Å². The Morgan fingerprint density at radius 2 is 2.00 bits per heavy atom. The van der Waals surface area contributed by atoms with Gasteiger partial charge in [0.05, 0.1) is 6.04 Å². The van der Waals surface area contributed by atoms with Crippen LogP contribution < -0.4 is 11.1 Å². The molecule has 1 aromatic carbocycles.